The van der Waals surface area contributed by atoms with Crippen LogP contribution in [0.5, 0.6) is 5.88 Å². The van der Waals surface area contributed by atoms with Gasteiger partial charge in [0, 0.05) is 111 Å². The van der Waals surface area contributed by atoms with Crippen LogP contribution < -0.4 is 15.0 Å². The lowest BCUT2D eigenvalue weighted by Crippen LogP contribution is -2.54. The summed E-state index contributed by atoms with van der Waals surface area (Å²) in [6.07, 6.45) is 11.3. The normalized spacial score (nSPS) is 21.5. The number of benzene rings is 2. The largest absolute Gasteiger partial charge is 0.474 e. The van der Waals surface area contributed by atoms with E-state index in [1.807, 2.05) is 36.8 Å². The van der Waals surface area contributed by atoms with Crippen molar-refractivity contribution in [3.8, 4) is 17.0 Å². The number of aromatic nitrogens is 3. The fraction of sp³-hybridized carbons (Fsp3) is 0.395. The van der Waals surface area contributed by atoms with E-state index in [4.69, 9.17) is 9.47 Å². The summed E-state index contributed by atoms with van der Waals surface area (Å²) in [7, 11) is 2.09. The average Bonchev–Trinajstić information content (AvgIpc) is 3.63. The zero-order valence-corrected chi connectivity index (χ0v) is 31.5. The second-order valence-corrected chi connectivity index (χ2v) is 15.3. The molecular weight excluding hydrogens is 711 g/mol. The van der Waals surface area contributed by atoms with Gasteiger partial charge in [0.05, 0.1) is 22.7 Å². The molecule has 2 saturated heterocycles. The van der Waals surface area contributed by atoms with Crippen molar-refractivity contribution in [2.45, 2.75) is 63.2 Å². The van der Waals surface area contributed by atoms with E-state index < -0.39 is 23.8 Å². The summed E-state index contributed by atoms with van der Waals surface area (Å²) in [4.78, 5) is 64.9. The molecule has 2 aromatic carbocycles. The zero-order valence-electron chi connectivity index (χ0n) is 31.5. The molecule has 288 valence electrons. The first-order chi connectivity index (χ1) is 27.3. The second-order valence-electron chi connectivity index (χ2n) is 15.3. The maximum atomic E-state index is 13.2. The van der Waals surface area contributed by atoms with E-state index in [0.717, 1.165) is 98.5 Å². The Labute approximate surface area is 324 Å². The Morgan fingerprint density at radius 2 is 1.61 bits per heavy atom. The highest BCUT2D eigenvalue weighted by molar-refractivity contribution is 6.23. The smallest absolute Gasteiger partial charge is 0.262 e. The lowest BCUT2D eigenvalue weighted by atomic mass is 9.92. The molecule has 56 heavy (non-hydrogen) atoms. The van der Waals surface area contributed by atoms with Crippen molar-refractivity contribution in [1.82, 2.24) is 29.7 Å². The maximum absolute atomic E-state index is 13.2. The summed E-state index contributed by atoms with van der Waals surface area (Å²) in [6.45, 7) is 5.28. The third-order valence-electron chi connectivity index (χ3n) is 11.9. The van der Waals surface area contributed by atoms with E-state index in [1.165, 1.54) is 16.4 Å². The van der Waals surface area contributed by atoms with E-state index in [-0.39, 0.29) is 31.0 Å². The summed E-state index contributed by atoms with van der Waals surface area (Å²) < 4.78 is 14.5. The van der Waals surface area contributed by atoms with Gasteiger partial charge in [0.2, 0.25) is 17.7 Å². The first kappa shape index (κ1) is 36.0. The number of fused-ring (bicyclic) bond motifs is 4. The highest BCUT2D eigenvalue weighted by atomic mass is 16.5. The number of hydrogen-bond donors (Lipinski definition) is 1. The summed E-state index contributed by atoms with van der Waals surface area (Å²) in [6, 6.07) is 17.0. The quantitative estimate of drug-likeness (QED) is 0.135. The van der Waals surface area contributed by atoms with Crippen LogP contribution in [0.4, 0.5) is 5.69 Å². The van der Waals surface area contributed by atoms with Gasteiger partial charge in [0.25, 0.3) is 11.8 Å². The Balaban J connectivity index is 0.659. The number of nitrogens with zero attached hydrogens (tertiary/aromatic N) is 6. The predicted molar refractivity (Wildman–Crippen MR) is 210 cm³/mol. The minimum Gasteiger partial charge on any atom is -0.474 e. The second kappa shape index (κ2) is 15.1. The number of carbonyl (C=O) groups excluding carboxylic acids is 4. The van der Waals surface area contributed by atoms with Crippen molar-refractivity contribution in [2.75, 3.05) is 44.2 Å². The SMILES string of the molecule is Cn1c2ccncc2c2ccc(-c3ccc(O[C@H]4C[C@H](OCCCCCN5CCN(c6ccc7c(c6)C(=O)N(C6CCC(=O)NC6=O)C7=O)CC5)C4)nc3)cc21. The average molecular weight is 756 g/mol. The van der Waals surface area contributed by atoms with Gasteiger partial charge in [-0.2, -0.15) is 0 Å². The molecule has 0 radical (unpaired) electrons. The topological polar surface area (TPSA) is 139 Å². The molecule has 3 aliphatic heterocycles. The number of carbonyl (C=O) groups is 4. The molecule has 6 heterocycles. The van der Waals surface area contributed by atoms with Crippen LogP contribution >= 0.6 is 0 Å². The molecule has 1 N–H and O–H groups in total. The molecule has 4 amide bonds. The van der Waals surface area contributed by atoms with Crippen molar-refractivity contribution in [3.63, 3.8) is 0 Å². The lowest BCUT2D eigenvalue weighted by Gasteiger charge is -2.36. The van der Waals surface area contributed by atoms with Gasteiger partial charge >= 0.3 is 0 Å². The summed E-state index contributed by atoms with van der Waals surface area (Å²) >= 11 is 0. The maximum Gasteiger partial charge on any atom is 0.262 e. The minimum absolute atomic E-state index is 0.103. The molecule has 13 heteroatoms. The molecule has 13 nitrogen and oxygen atoms in total. The number of imide groups is 2. The molecule has 9 rings (SSSR count). The first-order valence-electron chi connectivity index (χ1n) is 19.7. The highest BCUT2D eigenvalue weighted by Crippen LogP contribution is 2.34. The molecule has 1 aliphatic carbocycles. The molecule has 4 aliphatic rings. The van der Waals surface area contributed by atoms with Gasteiger partial charge in [0.15, 0.2) is 0 Å². The van der Waals surface area contributed by atoms with Crippen LogP contribution in [-0.2, 0) is 21.4 Å². The van der Waals surface area contributed by atoms with E-state index >= 15 is 0 Å². The Hall–Kier alpha value is -5.66. The molecule has 1 saturated carbocycles. The summed E-state index contributed by atoms with van der Waals surface area (Å²) in [5, 5.41) is 4.60. The van der Waals surface area contributed by atoms with Gasteiger partial charge in [-0.15, -0.1) is 0 Å². The van der Waals surface area contributed by atoms with Crippen molar-refractivity contribution < 1.29 is 28.7 Å². The Morgan fingerprint density at radius 3 is 2.41 bits per heavy atom. The van der Waals surface area contributed by atoms with E-state index in [1.54, 1.807) is 12.1 Å². The van der Waals surface area contributed by atoms with Crippen LogP contribution in [0.25, 0.3) is 32.9 Å². The number of ether oxygens (including phenoxy) is 2. The van der Waals surface area contributed by atoms with Crippen LogP contribution in [0.1, 0.15) is 65.7 Å². The fourth-order valence-electron chi connectivity index (χ4n) is 8.52. The van der Waals surface area contributed by atoms with Crippen molar-refractivity contribution in [1.29, 1.82) is 0 Å². The van der Waals surface area contributed by atoms with Crippen molar-refractivity contribution >= 4 is 51.1 Å². The molecule has 1 atom stereocenters. The number of aryl methyl sites for hydroxylation is 1. The van der Waals surface area contributed by atoms with Crippen molar-refractivity contribution in [3.05, 3.63) is 84.3 Å². The van der Waals surface area contributed by atoms with Crippen LogP contribution in [0.3, 0.4) is 0 Å². The monoisotopic (exact) mass is 755 g/mol. The third-order valence-corrected chi connectivity index (χ3v) is 11.9. The molecule has 0 bridgehead atoms. The molecule has 5 aromatic rings. The van der Waals surface area contributed by atoms with Gasteiger partial charge in [-0.1, -0.05) is 12.1 Å². The van der Waals surface area contributed by atoms with E-state index in [9.17, 15) is 19.2 Å². The number of pyridine rings is 2. The lowest BCUT2D eigenvalue weighted by molar-refractivity contribution is -0.136. The molecule has 3 aromatic heterocycles. The van der Waals surface area contributed by atoms with Gasteiger partial charge in [-0.25, -0.2) is 4.98 Å². The number of hydrogen-bond acceptors (Lipinski definition) is 10. The van der Waals surface area contributed by atoms with Gasteiger partial charge < -0.3 is 18.9 Å². The van der Waals surface area contributed by atoms with Gasteiger partial charge in [-0.3, -0.25) is 39.3 Å². The number of nitrogens with one attached hydrogen (secondary N) is 1. The Kier molecular flexibility index (Phi) is 9.72. The standard InChI is InChI=1S/C43H45N7O6/c1-47-36-13-14-44-26-35(36)32-8-5-27(21-38(32)47)28-6-12-40(45-25-28)56-31-23-30(24-31)55-20-4-2-3-15-48-16-18-49(19-17-48)29-7-9-33-34(22-29)43(54)50(42(33)53)37-10-11-39(51)46-41(37)52/h5-9,12-14,21-22,25-26,30-31,37H,2-4,10-11,15-20,23-24H2,1H3,(H,46,51,52)/t30-,31-,37?. The van der Waals surface area contributed by atoms with E-state index in [2.05, 4.69) is 61.0 Å². The summed E-state index contributed by atoms with van der Waals surface area (Å²) in [5.74, 6) is -1.29. The summed E-state index contributed by atoms with van der Waals surface area (Å²) in [5.41, 5.74) is 6.02. The third kappa shape index (κ3) is 6.90. The van der Waals surface area contributed by atoms with Crippen LogP contribution in [0.15, 0.2) is 73.2 Å². The van der Waals surface area contributed by atoms with Crippen LogP contribution in [0.2, 0.25) is 0 Å². The van der Waals surface area contributed by atoms with E-state index in [0.29, 0.717) is 17.0 Å². The van der Waals surface area contributed by atoms with Crippen LogP contribution in [0, 0.1) is 0 Å². The van der Waals surface area contributed by atoms with Gasteiger partial charge in [0.1, 0.15) is 12.1 Å². The molecule has 0 spiro atoms. The van der Waals surface area contributed by atoms with Crippen molar-refractivity contribution in [2.24, 2.45) is 7.05 Å². The number of rotatable bonds is 12. The molecule has 3 fully saturated rings. The number of unbranched alkanes of at least 4 members (excludes halogenated alkanes) is 2. The van der Waals surface area contributed by atoms with Gasteiger partial charge in [-0.05, 0) is 74.2 Å². The molecular formula is C43H45N7O6. The number of piperidine rings is 1. The highest BCUT2D eigenvalue weighted by Gasteiger charge is 2.45. The molecule has 1 unspecified atom stereocenters. The zero-order chi connectivity index (χ0) is 38.3. The number of piperazine rings is 1. The first-order valence-corrected chi connectivity index (χ1v) is 19.7. The number of anilines is 1. The minimum atomic E-state index is -0.958. The number of amides is 4. The Bertz CT molecular complexity index is 2330. The Morgan fingerprint density at radius 1 is 0.786 bits per heavy atom. The van der Waals surface area contributed by atoms with Crippen LogP contribution in [-0.4, -0.2) is 106 Å². The predicted octanol–water partition coefficient (Wildman–Crippen LogP) is 5.11. The fourth-order valence-corrected chi connectivity index (χ4v) is 8.52.